The van der Waals surface area contributed by atoms with Crippen LogP contribution in [0.5, 0.6) is 0 Å². The predicted octanol–water partition coefficient (Wildman–Crippen LogP) is 3.06. The van der Waals surface area contributed by atoms with Crippen molar-refractivity contribution in [3.63, 3.8) is 0 Å². The summed E-state index contributed by atoms with van der Waals surface area (Å²) in [6.07, 6.45) is 10.0. The Balaban J connectivity index is 1.96. The molecule has 0 aliphatic heterocycles. The summed E-state index contributed by atoms with van der Waals surface area (Å²) in [5.41, 5.74) is 7.66. The van der Waals surface area contributed by atoms with E-state index in [1.54, 1.807) is 12.4 Å². The lowest BCUT2D eigenvalue weighted by molar-refractivity contribution is -0.126. The number of pyridine rings is 1. The van der Waals surface area contributed by atoms with E-state index in [1.165, 1.54) is 30.3 Å². The van der Waals surface area contributed by atoms with Crippen LogP contribution in [0.15, 0.2) is 35.1 Å². The average Bonchev–Trinajstić information content (AvgIpc) is 2.48. The first kappa shape index (κ1) is 14.9. The van der Waals surface area contributed by atoms with Gasteiger partial charge in [0.2, 0.25) is 5.91 Å². The second-order valence-electron chi connectivity index (χ2n) is 4.78. The third-order valence-corrected chi connectivity index (χ3v) is 4.47. The Morgan fingerprint density at radius 2 is 2.35 bits per heavy atom. The highest BCUT2D eigenvalue weighted by Gasteiger charge is 2.18. The topological polar surface area (TPSA) is 59.2 Å². The number of amides is 1. The quantitative estimate of drug-likeness (QED) is 0.847. The third kappa shape index (κ3) is 3.76. The molecule has 0 aromatic carbocycles. The third-order valence-electron chi connectivity index (χ3n) is 3.39. The second kappa shape index (κ2) is 7.33. The second-order valence-corrected chi connectivity index (χ2v) is 5.80. The highest BCUT2D eigenvalue weighted by Crippen LogP contribution is 2.26. The summed E-state index contributed by atoms with van der Waals surface area (Å²) in [6, 6.07) is 1.85. The Morgan fingerprint density at radius 3 is 3.00 bits per heavy atom. The molecule has 1 aliphatic carbocycles. The zero-order valence-corrected chi connectivity index (χ0v) is 12.7. The highest BCUT2D eigenvalue weighted by molar-refractivity contribution is 8.00. The Morgan fingerprint density at radius 1 is 1.50 bits per heavy atom. The van der Waals surface area contributed by atoms with Crippen LogP contribution in [-0.4, -0.2) is 28.1 Å². The molecule has 0 saturated carbocycles. The van der Waals surface area contributed by atoms with E-state index in [1.807, 2.05) is 17.9 Å². The Hall–Kier alpha value is -1.49. The van der Waals surface area contributed by atoms with Gasteiger partial charge in [0.05, 0.1) is 17.6 Å². The fourth-order valence-corrected chi connectivity index (χ4v) is 3.16. The number of nitrogens with zero attached hydrogens (tertiary/aromatic N) is 2. The van der Waals surface area contributed by atoms with Crippen molar-refractivity contribution in [2.45, 2.75) is 37.5 Å². The van der Waals surface area contributed by atoms with Crippen molar-refractivity contribution >= 4 is 23.4 Å². The first-order valence-electron chi connectivity index (χ1n) is 7.04. The molecule has 0 bridgehead atoms. The molecule has 0 saturated heterocycles. The van der Waals surface area contributed by atoms with Gasteiger partial charge in [-0.3, -0.25) is 9.78 Å². The van der Waals surface area contributed by atoms with Gasteiger partial charge in [-0.25, -0.2) is 0 Å². The van der Waals surface area contributed by atoms with Gasteiger partial charge in [-0.05, 0) is 38.7 Å². The molecule has 1 aliphatic rings. The smallest absolute Gasteiger partial charge is 0.237 e. The summed E-state index contributed by atoms with van der Waals surface area (Å²) < 4.78 is 0. The molecular weight excluding hydrogens is 270 g/mol. The lowest BCUT2D eigenvalue weighted by Crippen LogP contribution is -2.32. The van der Waals surface area contributed by atoms with E-state index in [9.17, 15) is 4.79 Å². The maximum absolute atomic E-state index is 12.4. The number of rotatable bonds is 5. The van der Waals surface area contributed by atoms with E-state index in [4.69, 9.17) is 5.73 Å². The highest BCUT2D eigenvalue weighted by atomic mass is 32.2. The van der Waals surface area contributed by atoms with E-state index in [0.717, 1.165) is 24.3 Å². The number of carbonyl (C=O) groups is 1. The van der Waals surface area contributed by atoms with Crippen molar-refractivity contribution < 1.29 is 4.79 Å². The molecule has 0 unspecified atom stereocenters. The van der Waals surface area contributed by atoms with E-state index in [2.05, 4.69) is 11.1 Å². The van der Waals surface area contributed by atoms with Crippen molar-refractivity contribution in [2.75, 3.05) is 18.0 Å². The van der Waals surface area contributed by atoms with E-state index >= 15 is 0 Å². The van der Waals surface area contributed by atoms with Gasteiger partial charge in [0.25, 0.3) is 0 Å². The number of hydrogen-bond donors (Lipinski definition) is 1. The summed E-state index contributed by atoms with van der Waals surface area (Å²) in [6.45, 7) is 2.76. The van der Waals surface area contributed by atoms with Crippen LogP contribution < -0.4 is 5.73 Å². The number of aromatic nitrogens is 1. The molecule has 0 spiro atoms. The zero-order valence-electron chi connectivity index (χ0n) is 11.8. The van der Waals surface area contributed by atoms with Crippen LogP contribution in [0.4, 0.5) is 5.69 Å². The van der Waals surface area contributed by atoms with Crippen molar-refractivity contribution in [3.05, 3.63) is 30.2 Å². The van der Waals surface area contributed by atoms with E-state index < -0.39 is 0 Å². The minimum absolute atomic E-state index is 0.155. The molecule has 1 amide bonds. The normalized spacial score (nSPS) is 14.8. The fraction of sp³-hybridized carbons (Fsp3) is 0.467. The Labute approximate surface area is 124 Å². The van der Waals surface area contributed by atoms with Gasteiger partial charge in [-0.15, -0.1) is 11.8 Å². The van der Waals surface area contributed by atoms with Crippen molar-refractivity contribution in [1.82, 2.24) is 9.88 Å². The van der Waals surface area contributed by atoms with E-state index in [-0.39, 0.29) is 5.91 Å². The average molecular weight is 291 g/mol. The van der Waals surface area contributed by atoms with Crippen LogP contribution in [0.1, 0.15) is 32.6 Å². The van der Waals surface area contributed by atoms with Crippen molar-refractivity contribution in [2.24, 2.45) is 0 Å². The predicted molar refractivity (Wildman–Crippen MR) is 83.3 cm³/mol. The monoisotopic (exact) mass is 291 g/mol. The van der Waals surface area contributed by atoms with Gasteiger partial charge in [-0.1, -0.05) is 6.08 Å². The van der Waals surface area contributed by atoms with Crippen LogP contribution in [0.2, 0.25) is 0 Å². The van der Waals surface area contributed by atoms with Crippen LogP contribution >= 0.6 is 11.8 Å². The summed E-state index contributed by atoms with van der Waals surface area (Å²) in [4.78, 5) is 19.1. The van der Waals surface area contributed by atoms with Gasteiger partial charge in [0.15, 0.2) is 0 Å². The van der Waals surface area contributed by atoms with Crippen LogP contribution in [0.3, 0.4) is 0 Å². The van der Waals surface area contributed by atoms with Crippen LogP contribution in [0, 0.1) is 0 Å². The minimum atomic E-state index is 0.155. The van der Waals surface area contributed by atoms with Crippen molar-refractivity contribution in [1.29, 1.82) is 0 Å². The molecule has 4 nitrogen and oxygen atoms in total. The van der Waals surface area contributed by atoms with Crippen LogP contribution in [0.25, 0.3) is 0 Å². The van der Waals surface area contributed by atoms with E-state index in [0.29, 0.717) is 11.4 Å². The number of hydrogen-bond acceptors (Lipinski definition) is 4. The molecule has 20 heavy (non-hydrogen) atoms. The fourth-order valence-electron chi connectivity index (χ4n) is 2.35. The molecule has 1 aromatic rings. The van der Waals surface area contributed by atoms with Gasteiger partial charge in [-0.2, -0.15) is 0 Å². The SMILES string of the molecule is CCN(C(=O)CSc1ccncc1N)C1=CCCCC1. The molecule has 0 fully saturated rings. The summed E-state index contributed by atoms with van der Waals surface area (Å²) in [5, 5.41) is 0. The van der Waals surface area contributed by atoms with Gasteiger partial charge in [0.1, 0.15) is 0 Å². The molecule has 2 N–H and O–H groups in total. The zero-order chi connectivity index (χ0) is 14.4. The molecule has 0 radical (unpaired) electrons. The Kier molecular flexibility index (Phi) is 5.47. The van der Waals surface area contributed by atoms with Crippen molar-refractivity contribution in [3.8, 4) is 0 Å². The first-order chi connectivity index (χ1) is 9.72. The standard InChI is InChI=1S/C15H21N3OS/c1-2-18(12-6-4-3-5-7-12)15(19)11-20-14-8-9-17-10-13(14)16/h6,8-10H,2-5,7,11,16H2,1H3. The number of allylic oxidation sites excluding steroid dienone is 2. The summed E-state index contributed by atoms with van der Waals surface area (Å²) >= 11 is 1.48. The molecule has 1 heterocycles. The van der Waals surface area contributed by atoms with Gasteiger partial charge < -0.3 is 10.6 Å². The summed E-state index contributed by atoms with van der Waals surface area (Å²) in [7, 11) is 0. The minimum Gasteiger partial charge on any atom is -0.397 e. The Bertz CT molecular complexity index is 502. The molecule has 5 heteroatoms. The lowest BCUT2D eigenvalue weighted by Gasteiger charge is -2.26. The summed E-state index contributed by atoms with van der Waals surface area (Å²) in [5.74, 6) is 0.571. The maximum atomic E-state index is 12.4. The van der Waals surface area contributed by atoms with Crippen LogP contribution in [-0.2, 0) is 4.79 Å². The largest absolute Gasteiger partial charge is 0.397 e. The molecule has 0 atom stereocenters. The molecule has 2 rings (SSSR count). The number of anilines is 1. The molecule has 108 valence electrons. The van der Waals surface area contributed by atoms with Gasteiger partial charge in [0, 0.05) is 23.3 Å². The number of nitrogen functional groups attached to an aromatic ring is 1. The first-order valence-corrected chi connectivity index (χ1v) is 8.02. The maximum Gasteiger partial charge on any atom is 0.237 e. The lowest BCUT2D eigenvalue weighted by atomic mass is 10.0. The number of carbonyl (C=O) groups excluding carboxylic acids is 1. The molecule has 1 aromatic heterocycles. The van der Waals surface area contributed by atoms with Gasteiger partial charge >= 0.3 is 0 Å². The number of thioether (sulfide) groups is 1. The number of nitrogens with two attached hydrogens (primary N) is 1. The molecular formula is C15H21N3OS.